The minimum atomic E-state index is -1.15. The summed E-state index contributed by atoms with van der Waals surface area (Å²) in [5.41, 5.74) is -0.261. The van der Waals surface area contributed by atoms with Crippen molar-refractivity contribution in [1.82, 2.24) is 31.1 Å². The SMILES string of the molecule is CC(=O)N[C@H](C(=O)N1CC2C([C@H]1C(=O)NC(CC1CC1)C(=O)C(=O)NCC(=O)N[C@H](C(=O)N(C)C)c1ccccc1)C2(C)C)C(C)(C)C. The fourth-order valence-electron chi connectivity index (χ4n) is 6.82. The van der Waals surface area contributed by atoms with Crippen molar-refractivity contribution >= 4 is 41.2 Å². The summed E-state index contributed by atoms with van der Waals surface area (Å²) >= 11 is 0. The summed E-state index contributed by atoms with van der Waals surface area (Å²) in [6.45, 7) is 10.7. The Hall–Kier alpha value is -4.29. The topological polar surface area (TPSA) is 174 Å². The molecule has 0 bridgehead atoms. The van der Waals surface area contributed by atoms with Crippen LogP contribution in [0.25, 0.3) is 0 Å². The molecule has 2 aliphatic carbocycles. The van der Waals surface area contributed by atoms with Crippen LogP contribution in [0.1, 0.15) is 72.4 Å². The van der Waals surface area contributed by atoms with Crippen molar-refractivity contribution in [3.8, 4) is 0 Å². The van der Waals surface area contributed by atoms with Crippen LogP contribution in [-0.2, 0) is 33.6 Å². The van der Waals surface area contributed by atoms with Crippen molar-refractivity contribution in [1.29, 1.82) is 0 Å². The zero-order valence-corrected chi connectivity index (χ0v) is 29.2. The minimum Gasteiger partial charge on any atom is -0.347 e. The summed E-state index contributed by atoms with van der Waals surface area (Å²) in [6.07, 6.45) is 1.98. The lowest BCUT2D eigenvalue weighted by Gasteiger charge is -2.37. The van der Waals surface area contributed by atoms with Crippen LogP contribution in [-0.4, -0.2) is 96.3 Å². The number of fused-ring (bicyclic) bond motifs is 1. The van der Waals surface area contributed by atoms with Crippen molar-refractivity contribution in [2.75, 3.05) is 27.2 Å². The molecule has 1 aromatic carbocycles. The Balaban J connectivity index is 1.45. The number of carbonyl (C=O) groups is 7. The first-order valence-corrected chi connectivity index (χ1v) is 16.6. The fourth-order valence-corrected chi connectivity index (χ4v) is 6.82. The monoisotopic (exact) mass is 666 g/mol. The largest absolute Gasteiger partial charge is 0.347 e. The first-order chi connectivity index (χ1) is 22.3. The molecule has 13 nitrogen and oxygen atoms in total. The number of amides is 6. The number of likely N-dealkylation sites (tertiary alicyclic amines) is 1. The third-order valence-corrected chi connectivity index (χ3v) is 9.88. The van der Waals surface area contributed by atoms with Gasteiger partial charge >= 0.3 is 0 Å². The zero-order chi connectivity index (χ0) is 35.7. The number of hydrogen-bond acceptors (Lipinski definition) is 7. The molecule has 1 heterocycles. The van der Waals surface area contributed by atoms with E-state index in [1.54, 1.807) is 44.4 Å². The van der Waals surface area contributed by atoms with E-state index in [4.69, 9.17) is 0 Å². The molecule has 3 unspecified atom stereocenters. The average Bonchev–Trinajstić information content (AvgIpc) is 3.87. The van der Waals surface area contributed by atoms with Crippen molar-refractivity contribution < 1.29 is 33.6 Å². The molecular formula is C35H50N6O7. The maximum absolute atomic E-state index is 14.0. The molecule has 2 saturated carbocycles. The number of likely N-dealkylation sites (N-methyl/N-ethyl adjacent to an activating group) is 1. The summed E-state index contributed by atoms with van der Waals surface area (Å²) in [6, 6.07) is 4.80. The van der Waals surface area contributed by atoms with Crippen LogP contribution in [0.4, 0.5) is 0 Å². The van der Waals surface area contributed by atoms with Gasteiger partial charge in [-0.1, -0.05) is 77.8 Å². The summed E-state index contributed by atoms with van der Waals surface area (Å²) in [7, 11) is 3.13. The average molecular weight is 667 g/mol. The first-order valence-electron chi connectivity index (χ1n) is 16.6. The molecule has 0 aromatic heterocycles. The van der Waals surface area contributed by atoms with E-state index in [2.05, 4.69) is 21.3 Å². The lowest BCUT2D eigenvalue weighted by atomic mass is 9.85. The normalized spacial score (nSPS) is 22.7. The smallest absolute Gasteiger partial charge is 0.290 e. The molecule has 4 rings (SSSR count). The number of Topliss-reactive ketones (excluding diaryl/α,β-unsaturated/α-hetero) is 1. The van der Waals surface area contributed by atoms with Crippen molar-refractivity contribution in [2.45, 2.75) is 85.0 Å². The van der Waals surface area contributed by atoms with Gasteiger partial charge in [-0.15, -0.1) is 0 Å². The lowest BCUT2D eigenvalue weighted by molar-refractivity contribution is -0.146. The number of nitrogens with one attached hydrogen (secondary N) is 4. The number of nitrogens with zero attached hydrogens (tertiary/aromatic N) is 2. The van der Waals surface area contributed by atoms with Crippen LogP contribution in [0.3, 0.4) is 0 Å². The second-order valence-corrected chi connectivity index (χ2v) is 15.3. The van der Waals surface area contributed by atoms with E-state index in [9.17, 15) is 33.6 Å². The molecule has 3 aliphatic rings. The summed E-state index contributed by atoms with van der Waals surface area (Å²) < 4.78 is 0. The van der Waals surface area contributed by atoms with Crippen LogP contribution in [0.5, 0.6) is 0 Å². The number of carbonyl (C=O) groups excluding carboxylic acids is 7. The zero-order valence-electron chi connectivity index (χ0n) is 29.2. The standard InChI is InChI=1S/C35H50N6O7/c1-19(42)37-29(34(2,3)4)33(48)41-18-22-25(35(22,5)6)27(41)30(45)38-23(16-20-14-15-20)28(44)31(46)36-17-24(43)39-26(32(47)40(7)8)21-12-10-9-11-13-21/h9-13,20,22-23,25-27,29H,14-18H2,1-8H3,(H,36,46)(H,37,42)(H,38,45)(H,39,43)/t22?,23?,25?,26-,27-,29+/m0/s1. The van der Waals surface area contributed by atoms with Gasteiger partial charge in [0, 0.05) is 27.6 Å². The first kappa shape index (κ1) is 36.5. The molecule has 3 fully saturated rings. The molecule has 48 heavy (non-hydrogen) atoms. The molecule has 13 heteroatoms. The fraction of sp³-hybridized carbons (Fsp3) is 0.629. The van der Waals surface area contributed by atoms with Gasteiger partial charge in [-0.3, -0.25) is 33.6 Å². The van der Waals surface area contributed by atoms with Gasteiger partial charge in [-0.05, 0) is 40.6 Å². The minimum absolute atomic E-state index is 0.0774. The van der Waals surface area contributed by atoms with Gasteiger partial charge in [-0.25, -0.2) is 0 Å². The van der Waals surface area contributed by atoms with Gasteiger partial charge in [0.15, 0.2) is 0 Å². The van der Waals surface area contributed by atoms with Gasteiger partial charge in [0.1, 0.15) is 18.1 Å². The summed E-state index contributed by atoms with van der Waals surface area (Å²) in [5.74, 6) is -4.10. The van der Waals surface area contributed by atoms with E-state index >= 15 is 0 Å². The van der Waals surface area contributed by atoms with Crippen LogP contribution in [0, 0.1) is 28.6 Å². The number of ketones is 1. The van der Waals surface area contributed by atoms with Gasteiger partial charge in [-0.2, -0.15) is 0 Å². The second kappa shape index (κ2) is 14.1. The highest BCUT2D eigenvalue weighted by atomic mass is 16.2. The maximum atomic E-state index is 14.0. The maximum Gasteiger partial charge on any atom is 0.290 e. The highest BCUT2D eigenvalue weighted by molar-refractivity contribution is 6.38. The lowest BCUT2D eigenvalue weighted by Crippen LogP contribution is -2.60. The Kier molecular flexibility index (Phi) is 10.7. The number of piperidine rings is 1. The van der Waals surface area contributed by atoms with Crippen LogP contribution < -0.4 is 21.3 Å². The molecule has 6 atom stereocenters. The van der Waals surface area contributed by atoms with E-state index in [0.717, 1.165) is 12.8 Å². The molecule has 0 radical (unpaired) electrons. The Labute approximate surface area is 282 Å². The third-order valence-electron chi connectivity index (χ3n) is 9.88. The van der Waals surface area contributed by atoms with Crippen molar-refractivity contribution in [3.63, 3.8) is 0 Å². The van der Waals surface area contributed by atoms with Crippen LogP contribution in [0.15, 0.2) is 30.3 Å². The predicted octanol–water partition coefficient (Wildman–Crippen LogP) is 0.936. The molecule has 262 valence electrons. The molecule has 1 aliphatic heterocycles. The Morgan fingerprint density at radius 3 is 2.12 bits per heavy atom. The van der Waals surface area contributed by atoms with Gasteiger partial charge in [0.25, 0.3) is 5.91 Å². The molecule has 0 spiro atoms. The Morgan fingerprint density at radius 1 is 0.958 bits per heavy atom. The molecule has 6 amide bonds. The van der Waals surface area contributed by atoms with Crippen molar-refractivity contribution in [2.24, 2.45) is 28.6 Å². The Bertz CT molecular complexity index is 1450. The van der Waals surface area contributed by atoms with Gasteiger partial charge in [0.2, 0.25) is 35.3 Å². The summed E-state index contributed by atoms with van der Waals surface area (Å²) in [4.78, 5) is 94.9. The summed E-state index contributed by atoms with van der Waals surface area (Å²) in [5, 5.41) is 10.5. The van der Waals surface area contributed by atoms with E-state index in [0.29, 0.717) is 12.1 Å². The third kappa shape index (κ3) is 8.22. The van der Waals surface area contributed by atoms with Crippen molar-refractivity contribution in [3.05, 3.63) is 35.9 Å². The van der Waals surface area contributed by atoms with Gasteiger partial charge < -0.3 is 31.1 Å². The molecule has 1 saturated heterocycles. The number of hydrogen-bond donors (Lipinski definition) is 4. The van der Waals surface area contributed by atoms with E-state index in [1.807, 2.05) is 34.6 Å². The quantitative estimate of drug-likeness (QED) is 0.227. The highest BCUT2D eigenvalue weighted by Crippen LogP contribution is 2.65. The molecule has 4 N–H and O–H groups in total. The van der Waals surface area contributed by atoms with Crippen LogP contribution in [0.2, 0.25) is 0 Å². The van der Waals surface area contributed by atoms with E-state index in [-0.39, 0.29) is 47.3 Å². The highest BCUT2D eigenvalue weighted by Gasteiger charge is 2.70. The number of benzene rings is 1. The predicted molar refractivity (Wildman–Crippen MR) is 177 cm³/mol. The van der Waals surface area contributed by atoms with Gasteiger partial charge in [0.05, 0.1) is 12.6 Å². The second-order valence-electron chi connectivity index (χ2n) is 15.3. The van der Waals surface area contributed by atoms with E-state index in [1.165, 1.54) is 16.7 Å². The van der Waals surface area contributed by atoms with Crippen LogP contribution >= 0.6 is 0 Å². The Morgan fingerprint density at radius 2 is 1.58 bits per heavy atom. The molecular weight excluding hydrogens is 616 g/mol. The number of rotatable bonds is 13. The van der Waals surface area contributed by atoms with E-state index < -0.39 is 59.6 Å². The molecule has 1 aromatic rings.